The number of nitrogens with one attached hydrogen (secondary N) is 1. The molecule has 0 aliphatic carbocycles. The molecule has 1 aromatic carbocycles. The molecule has 1 aromatic rings. The van der Waals surface area contributed by atoms with Crippen LogP contribution in [0.15, 0.2) is 24.3 Å². The largest absolute Gasteiger partial charge is 0.394 e. The van der Waals surface area contributed by atoms with Crippen molar-refractivity contribution in [2.24, 2.45) is 0 Å². The van der Waals surface area contributed by atoms with E-state index in [2.05, 4.69) is 5.32 Å². The number of aliphatic hydroxyl groups excluding tert-OH is 3. The number of rotatable bonds is 3. The summed E-state index contributed by atoms with van der Waals surface area (Å²) < 4.78 is 5.27. The Bertz CT molecular complexity index is 389. The Hall–Kier alpha value is -0.850. The number of ether oxygens (including phenoxy) is 1. The van der Waals surface area contributed by atoms with E-state index >= 15 is 0 Å². The molecule has 0 spiro atoms. The van der Waals surface area contributed by atoms with Gasteiger partial charge >= 0.3 is 0 Å². The third kappa shape index (κ3) is 2.70. The van der Waals surface area contributed by atoms with Crippen LogP contribution in [-0.4, -0.2) is 46.5 Å². The molecule has 1 heterocycles. The Kier molecular flexibility index (Phi) is 3.86. The third-order valence-corrected chi connectivity index (χ3v) is 2.91. The summed E-state index contributed by atoms with van der Waals surface area (Å²) in [6.07, 6.45) is -3.73. The lowest BCUT2D eigenvalue weighted by Gasteiger charge is -2.17. The van der Waals surface area contributed by atoms with Crippen molar-refractivity contribution in [2.75, 3.05) is 11.9 Å². The highest BCUT2D eigenvalue weighted by molar-refractivity contribution is 6.30. The maximum absolute atomic E-state index is 9.71. The molecule has 0 bridgehead atoms. The second-order valence-corrected chi connectivity index (χ2v) is 4.35. The lowest BCUT2D eigenvalue weighted by molar-refractivity contribution is -0.0153. The van der Waals surface area contributed by atoms with Crippen LogP contribution in [0.25, 0.3) is 0 Å². The monoisotopic (exact) mass is 259 g/mol. The van der Waals surface area contributed by atoms with E-state index in [0.29, 0.717) is 10.7 Å². The van der Waals surface area contributed by atoms with Crippen molar-refractivity contribution >= 4 is 17.3 Å². The molecule has 0 unspecified atom stereocenters. The van der Waals surface area contributed by atoms with Gasteiger partial charge in [0.25, 0.3) is 0 Å². The summed E-state index contributed by atoms with van der Waals surface area (Å²) >= 11 is 5.82. The van der Waals surface area contributed by atoms with E-state index in [4.69, 9.17) is 21.4 Å². The van der Waals surface area contributed by atoms with Gasteiger partial charge in [0, 0.05) is 10.7 Å². The fraction of sp³-hybridized carbons (Fsp3) is 0.455. The van der Waals surface area contributed by atoms with Crippen LogP contribution in [0.5, 0.6) is 0 Å². The van der Waals surface area contributed by atoms with Crippen LogP contribution < -0.4 is 5.32 Å². The Labute approximate surface area is 104 Å². The van der Waals surface area contributed by atoms with Crippen LogP contribution >= 0.6 is 11.6 Å². The highest BCUT2D eigenvalue weighted by Crippen LogP contribution is 2.24. The van der Waals surface area contributed by atoms with Crippen LogP contribution in [0.3, 0.4) is 0 Å². The standard InChI is InChI=1S/C11H14ClNO4/c12-6-2-1-3-7(4-6)13-11-10(16)9(15)8(5-14)17-11/h1-4,8-11,13-16H,5H2/t8-,9-,10-,11-/m1/s1. The van der Waals surface area contributed by atoms with Gasteiger partial charge in [-0.05, 0) is 18.2 Å². The van der Waals surface area contributed by atoms with Crippen molar-refractivity contribution in [1.29, 1.82) is 0 Å². The number of benzene rings is 1. The van der Waals surface area contributed by atoms with E-state index in [1.165, 1.54) is 0 Å². The van der Waals surface area contributed by atoms with Crippen molar-refractivity contribution in [3.05, 3.63) is 29.3 Å². The predicted molar refractivity (Wildman–Crippen MR) is 62.8 cm³/mol. The van der Waals surface area contributed by atoms with E-state index in [1.54, 1.807) is 24.3 Å². The lowest BCUT2D eigenvalue weighted by Crippen LogP contribution is -2.36. The molecule has 1 saturated heterocycles. The Morgan fingerprint density at radius 3 is 2.65 bits per heavy atom. The van der Waals surface area contributed by atoms with Gasteiger partial charge < -0.3 is 25.4 Å². The zero-order valence-electron chi connectivity index (χ0n) is 8.95. The molecule has 5 nitrogen and oxygen atoms in total. The Morgan fingerprint density at radius 1 is 1.29 bits per heavy atom. The third-order valence-electron chi connectivity index (χ3n) is 2.68. The zero-order valence-corrected chi connectivity index (χ0v) is 9.71. The predicted octanol–water partition coefficient (Wildman–Crippen LogP) is 0.191. The van der Waals surface area contributed by atoms with Crippen molar-refractivity contribution in [3.63, 3.8) is 0 Å². The summed E-state index contributed by atoms with van der Waals surface area (Å²) in [5.41, 5.74) is 0.673. The molecule has 1 fully saturated rings. The van der Waals surface area contributed by atoms with Gasteiger partial charge in [0.15, 0.2) is 6.23 Å². The van der Waals surface area contributed by atoms with Gasteiger partial charge in [-0.2, -0.15) is 0 Å². The molecule has 2 rings (SSSR count). The maximum Gasteiger partial charge on any atom is 0.157 e. The summed E-state index contributed by atoms with van der Waals surface area (Å²) in [5, 5.41) is 31.7. The number of hydrogen-bond donors (Lipinski definition) is 4. The van der Waals surface area contributed by atoms with Gasteiger partial charge in [0.05, 0.1) is 6.61 Å². The first kappa shape index (κ1) is 12.6. The minimum atomic E-state index is -1.10. The molecule has 4 atom stereocenters. The SMILES string of the molecule is OC[C@H]1O[C@@H](Nc2cccc(Cl)c2)[C@H](O)[C@@H]1O. The second-order valence-electron chi connectivity index (χ2n) is 3.91. The van der Waals surface area contributed by atoms with E-state index in [-0.39, 0.29) is 6.61 Å². The first-order valence-electron chi connectivity index (χ1n) is 5.26. The average molecular weight is 260 g/mol. The van der Waals surface area contributed by atoms with Gasteiger partial charge in [-0.1, -0.05) is 17.7 Å². The molecule has 0 aromatic heterocycles. The smallest absolute Gasteiger partial charge is 0.157 e. The minimum Gasteiger partial charge on any atom is -0.394 e. The van der Waals surface area contributed by atoms with Crippen LogP contribution in [-0.2, 0) is 4.74 Å². The molecule has 0 amide bonds. The molecule has 0 saturated carbocycles. The van der Waals surface area contributed by atoms with Gasteiger partial charge in [0.1, 0.15) is 18.3 Å². The van der Waals surface area contributed by atoms with Crippen LogP contribution in [0.2, 0.25) is 5.02 Å². The molecular formula is C11H14ClNO4. The first-order valence-corrected chi connectivity index (χ1v) is 5.64. The summed E-state index contributed by atoms with van der Waals surface area (Å²) in [6.45, 7) is -0.341. The average Bonchev–Trinajstić information content (AvgIpc) is 2.57. The van der Waals surface area contributed by atoms with Crippen LogP contribution in [0.1, 0.15) is 0 Å². The summed E-state index contributed by atoms with van der Waals surface area (Å²) in [5.74, 6) is 0. The van der Waals surface area contributed by atoms with Crippen molar-refractivity contribution in [2.45, 2.75) is 24.5 Å². The molecular weight excluding hydrogens is 246 g/mol. The van der Waals surface area contributed by atoms with Gasteiger partial charge in [-0.25, -0.2) is 0 Å². The number of halogens is 1. The molecule has 17 heavy (non-hydrogen) atoms. The van der Waals surface area contributed by atoms with Crippen molar-refractivity contribution < 1.29 is 20.1 Å². The normalized spacial score (nSPS) is 32.7. The van der Waals surface area contributed by atoms with Crippen LogP contribution in [0.4, 0.5) is 5.69 Å². The van der Waals surface area contributed by atoms with E-state index < -0.39 is 24.5 Å². The van der Waals surface area contributed by atoms with Crippen molar-refractivity contribution in [1.82, 2.24) is 0 Å². The fourth-order valence-corrected chi connectivity index (χ4v) is 1.95. The Morgan fingerprint density at radius 2 is 2.06 bits per heavy atom. The van der Waals surface area contributed by atoms with Crippen molar-refractivity contribution in [3.8, 4) is 0 Å². The molecule has 1 aliphatic heterocycles. The van der Waals surface area contributed by atoms with Gasteiger partial charge in [-0.15, -0.1) is 0 Å². The molecule has 94 valence electrons. The molecule has 0 radical (unpaired) electrons. The van der Waals surface area contributed by atoms with E-state index in [9.17, 15) is 10.2 Å². The summed E-state index contributed by atoms with van der Waals surface area (Å²) in [7, 11) is 0. The highest BCUT2D eigenvalue weighted by Gasteiger charge is 2.42. The van der Waals surface area contributed by atoms with Gasteiger partial charge in [0.2, 0.25) is 0 Å². The highest BCUT2D eigenvalue weighted by atomic mass is 35.5. The Balaban J connectivity index is 2.05. The topological polar surface area (TPSA) is 82.0 Å². The van der Waals surface area contributed by atoms with Gasteiger partial charge in [-0.3, -0.25) is 0 Å². The summed E-state index contributed by atoms with van der Waals surface area (Å²) in [4.78, 5) is 0. The number of hydrogen-bond acceptors (Lipinski definition) is 5. The van der Waals surface area contributed by atoms with E-state index in [0.717, 1.165) is 0 Å². The second kappa shape index (κ2) is 5.20. The maximum atomic E-state index is 9.71. The summed E-state index contributed by atoms with van der Waals surface area (Å²) in [6, 6.07) is 6.92. The quantitative estimate of drug-likeness (QED) is 0.623. The number of anilines is 1. The first-order chi connectivity index (χ1) is 8.11. The molecule has 6 heteroatoms. The molecule has 4 N–H and O–H groups in total. The minimum absolute atomic E-state index is 0.341. The molecule has 1 aliphatic rings. The van der Waals surface area contributed by atoms with E-state index in [1.807, 2.05) is 0 Å². The number of aliphatic hydroxyl groups is 3. The zero-order chi connectivity index (χ0) is 12.4. The van der Waals surface area contributed by atoms with Crippen LogP contribution in [0, 0.1) is 0 Å². The lowest BCUT2D eigenvalue weighted by atomic mass is 10.1. The fourth-order valence-electron chi connectivity index (χ4n) is 1.76.